The van der Waals surface area contributed by atoms with Crippen LogP contribution in [0.5, 0.6) is 0 Å². The van der Waals surface area contributed by atoms with Gasteiger partial charge in [0.25, 0.3) is 5.91 Å². The number of methoxy groups -OCH3 is 1. The predicted octanol–water partition coefficient (Wildman–Crippen LogP) is 0.854. The minimum absolute atomic E-state index is 0.265. The van der Waals surface area contributed by atoms with Crippen LogP contribution in [0, 0.1) is 0 Å². The van der Waals surface area contributed by atoms with Crippen LogP contribution in [0.25, 0.3) is 10.9 Å². The molecule has 0 saturated heterocycles. The summed E-state index contributed by atoms with van der Waals surface area (Å²) in [5.41, 5.74) is 1.04. The van der Waals surface area contributed by atoms with Gasteiger partial charge in [-0.25, -0.2) is 4.79 Å². The molecular formula is C12H13N3O3. The van der Waals surface area contributed by atoms with E-state index in [2.05, 4.69) is 20.3 Å². The summed E-state index contributed by atoms with van der Waals surface area (Å²) in [4.78, 5) is 23.2. The third kappa shape index (κ3) is 2.17. The van der Waals surface area contributed by atoms with Gasteiger partial charge in [-0.1, -0.05) is 18.2 Å². The van der Waals surface area contributed by atoms with E-state index < -0.39 is 17.9 Å². The van der Waals surface area contributed by atoms with E-state index in [4.69, 9.17) is 0 Å². The largest absolute Gasteiger partial charge is 0.467 e. The zero-order valence-electron chi connectivity index (χ0n) is 10.1. The van der Waals surface area contributed by atoms with E-state index in [0.29, 0.717) is 5.39 Å². The van der Waals surface area contributed by atoms with E-state index >= 15 is 0 Å². The van der Waals surface area contributed by atoms with Crippen molar-refractivity contribution in [2.45, 2.75) is 13.0 Å². The van der Waals surface area contributed by atoms with Crippen LogP contribution >= 0.6 is 0 Å². The van der Waals surface area contributed by atoms with E-state index in [-0.39, 0.29) is 5.69 Å². The zero-order chi connectivity index (χ0) is 13.1. The Morgan fingerprint density at radius 3 is 2.83 bits per heavy atom. The number of rotatable bonds is 3. The molecule has 0 aliphatic carbocycles. The van der Waals surface area contributed by atoms with Crippen LogP contribution in [0.4, 0.5) is 0 Å². The highest BCUT2D eigenvalue weighted by molar-refractivity contribution is 6.05. The molecule has 6 heteroatoms. The van der Waals surface area contributed by atoms with E-state index in [1.807, 2.05) is 18.2 Å². The average molecular weight is 247 g/mol. The molecule has 1 aromatic heterocycles. The quantitative estimate of drug-likeness (QED) is 0.788. The number of amides is 1. The number of carbonyl (C=O) groups is 2. The van der Waals surface area contributed by atoms with Gasteiger partial charge in [0.05, 0.1) is 12.6 Å². The maximum Gasteiger partial charge on any atom is 0.328 e. The zero-order valence-corrected chi connectivity index (χ0v) is 10.1. The van der Waals surface area contributed by atoms with Crippen molar-refractivity contribution in [2.24, 2.45) is 0 Å². The molecule has 0 fully saturated rings. The third-order valence-electron chi connectivity index (χ3n) is 2.59. The first kappa shape index (κ1) is 12.1. The van der Waals surface area contributed by atoms with Gasteiger partial charge in [0.1, 0.15) is 6.04 Å². The number of aromatic nitrogens is 2. The summed E-state index contributed by atoms with van der Waals surface area (Å²) in [6.45, 7) is 1.55. The van der Waals surface area contributed by atoms with Crippen molar-refractivity contribution < 1.29 is 14.3 Å². The number of hydrogen-bond acceptors (Lipinski definition) is 4. The van der Waals surface area contributed by atoms with Gasteiger partial charge < -0.3 is 10.1 Å². The number of carbonyl (C=O) groups excluding carboxylic acids is 2. The minimum atomic E-state index is -0.710. The Morgan fingerprint density at radius 2 is 2.11 bits per heavy atom. The highest BCUT2D eigenvalue weighted by Gasteiger charge is 2.20. The molecule has 1 amide bonds. The van der Waals surface area contributed by atoms with Crippen LogP contribution < -0.4 is 5.32 Å². The Bertz CT molecular complexity index is 591. The topological polar surface area (TPSA) is 84.1 Å². The molecule has 0 saturated carbocycles. The summed E-state index contributed by atoms with van der Waals surface area (Å²) < 4.78 is 4.54. The molecule has 2 N–H and O–H groups in total. The summed E-state index contributed by atoms with van der Waals surface area (Å²) in [7, 11) is 1.27. The van der Waals surface area contributed by atoms with Crippen molar-refractivity contribution in [1.29, 1.82) is 0 Å². The molecule has 0 aliphatic heterocycles. The first-order valence-electron chi connectivity index (χ1n) is 5.45. The van der Waals surface area contributed by atoms with Crippen molar-refractivity contribution in [3.8, 4) is 0 Å². The number of nitrogens with one attached hydrogen (secondary N) is 2. The number of nitrogens with zero attached hydrogens (tertiary/aromatic N) is 1. The van der Waals surface area contributed by atoms with E-state index in [0.717, 1.165) is 5.52 Å². The highest BCUT2D eigenvalue weighted by Crippen LogP contribution is 2.14. The van der Waals surface area contributed by atoms with Gasteiger partial charge in [-0.3, -0.25) is 9.89 Å². The molecule has 6 nitrogen and oxygen atoms in total. The normalized spacial score (nSPS) is 12.1. The summed E-state index contributed by atoms with van der Waals surface area (Å²) in [6.07, 6.45) is 0. The molecular weight excluding hydrogens is 234 g/mol. The molecule has 0 unspecified atom stereocenters. The lowest BCUT2D eigenvalue weighted by Crippen LogP contribution is -2.39. The number of aromatic amines is 1. The van der Waals surface area contributed by atoms with Crippen LogP contribution in [0.2, 0.25) is 0 Å². The van der Waals surface area contributed by atoms with Gasteiger partial charge >= 0.3 is 5.97 Å². The SMILES string of the molecule is COC(=O)[C@H](C)NC(=O)c1n[nH]c2ccccc12. The van der Waals surface area contributed by atoms with Gasteiger partial charge in [-0.2, -0.15) is 5.10 Å². The number of esters is 1. The van der Waals surface area contributed by atoms with Crippen molar-refractivity contribution in [3.63, 3.8) is 0 Å². The second-order valence-corrected chi connectivity index (χ2v) is 3.84. The molecule has 0 radical (unpaired) electrons. The lowest BCUT2D eigenvalue weighted by atomic mass is 10.2. The van der Waals surface area contributed by atoms with Crippen molar-refractivity contribution in [2.75, 3.05) is 7.11 Å². The van der Waals surface area contributed by atoms with Crippen LogP contribution in [0.15, 0.2) is 24.3 Å². The maximum absolute atomic E-state index is 11.9. The molecule has 1 heterocycles. The summed E-state index contributed by atoms with van der Waals surface area (Å²) >= 11 is 0. The Hall–Kier alpha value is -2.37. The Kier molecular flexibility index (Phi) is 3.27. The second kappa shape index (κ2) is 4.87. The predicted molar refractivity (Wildman–Crippen MR) is 65.0 cm³/mol. The Morgan fingerprint density at radius 1 is 1.39 bits per heavy atom. The van der Waals surface area contributed by atoms with Crippen LogP contribution in [0.3, 0.4) is 0 Å². The fourth-order valence-corrected chi connectivity index (χ4v) is 1.64. The number of ether oxygens (including phenoxy) is 1. The first-order chi connectivity index (χ1) is 8.63. The molecule has 1 atom stereocenters. The van der Waals surface area contributed by atoms with Crippen LogP contribution in [-0.4, -0.2) is 35.2 Å². The minimum Gasteiger partial charge on any atom is -0.467 e. The number of benzene rings is 1. The second-order valence-electron chi connectivity index (χ2n) is 3.84. The van der Waals surface area contributed by atoms with E-state index in [9.17, 15) is 9.59 Å². The van der Waals surface area contributed by atoms with Crippen molar-refractivity contribution in [1.82, 2.24) is 15.5 Å². The molecule has 94 valence electrons. The smallest absolute Gasteiger partial charge is 0.328 e. The van der Waals surface area contributed by atoms with Crippen molar-refractivity contribution in [3.05, 3.63) is 30.0 Å². The maximum atomic E-state index is 11.9. The molecule has 0 bridgehead atoms. The standard InChI is InChI=1S/C12H13N3O3/c1-7(12(17)18-2)13-11(16)10-8-5-3-4-6-9(8)14-15-10/h3-7H,1-2H3,(H,13,16)(H,14,15)/t7-/m0/s1. The molecule has 18 heavy (non-hydrogen) atoms. The number of fused-ring (bicyclic) bond motifs is 1. The van der Waals surface area contributed by atoms with Crippen molar-refractivity contribution >= 4 is 22.8 Å². The van der Waals surface area contributed by atoms with Crippen LogP contribution in [-0.2, 0) is 9.53 Å². The van der Waals surface area contributed by atoms with E-state index in [1.54, 1.807) is 13.0 Å². The highest BCUT2D eigenvalue weighted by atomic mass is 16.5. The molecule has 0 aliphatic rings. The number of H-pyrrole nitrogens is 1. The van der Waals surface area contributed by atoms with Crippen LogP contribution in [0.1, 0.15) is 17.4 Å². The average Bonchev–Trinajstić information content (AvgIpc) is 2.81. The fourth-order valence-electron chi connectivity index (χ4n) is 1.64. The third-order valence-corrected chi connectivity index (χ3v) is 2.59. The van der Waals surface area contributed by atoms with E-state index in [1.165, 1.54) is 7.11 Å². The molecule has 2 rings (SSSR count). The summed E-state index contributed by atoms with van der Waals surface area (Å²) in [6, 6.07) is 6.56. The van der Waals surface area contributed by atoms with Gasteiger partial charge in [0.15, 0.2) is 5.69 Å². The number of para-hydroxylation sites is 1. The molecule has 2 aromatic rings. The van der Waals surface area contributed by atoms with Gasteiger partial charge in [-0.05, 0) is 13.0 Å². The lowest BCUT2D eigenvalue weighted by molar-refractivity contribution is -0.142. The fraction of sp³-hybridized carbons (Fsp3) is 0.250. The number of hydrogen-bond donors (Lipinski definition) is 2. The first-order valence-corrected chi connectivity index (χ1v) is 5.45. The van der Waals surface area contributed by atoms with Gasteiger partial charge in [0.2, 0.25) is 0 Å². The Labute approximate surface area is 103 Å². The summed E-state index contributed by atoms with van der Waals surface area (Å²) in [5.74, 6) is -0.909. The Balaban J connectivity index is 2.21. The molecule has 1 aromatic carbocycles. The van der Waals surface area contributed by atoms with Gasteiger partial charge in [0, 0.05) is 5.39 Å². The molecule has 0 spiro atoms. The monoisotopic (exact) mass is 247 g/mol. The lowest BCUT2D eigenvalue weighted by Gasteiger charge is -2.10. The van der Waals surface area contributed by atoms with Gasteiger partial charge in [-0.15, -0.1) is 0 Å². The summed E-state index contributed by atoms with van der Waals surface area (Å²) in [5, 5.41) is 9.95.